The third-order valence-electron chi connectivity index (χ3n) is 5.29. The smallest absolute Gasteiger partial charge is 0.339 e. The maximum atomic E-state index is 11.4. The topological polar surface area (TPSA) is 78.8 Å². The number of hydrogen-bond acceptors (Lipinski definition) is 4. The Morgan fingerprint density at radius 3 is 2.32 bits per heavy atom. The van der Waals surface area contributed by atoms with Crippen molar-refractivity contribution in [1.29, 1.82) is 0 Å². The van der Waals surface area contributed by atoms with Crippen LogP contribution in [-0.2, 0) is 6.42 Å². The first-order valence-electron chi connectivity index (χ1n) is 10.6. The molecule has 0 bridgehead atoms. The molecule has 162 valence electrons. The van der Waals surface area contributed by atoms with E-state index in [0.717, 1.165) is 29.7 Å². The second kappa shape index (κ2) is 10.8. The predicted molar refractivity (Wildman–Crippen MR) is 123 cm³/mol. The van der Waals surface area contributed by atoms with Gasteiger partial charge in [0.15, 0.2) is 0 Å². The van der Waals surface area contributed by atoms with Crippen LogP contribution in [0.25, 0.3) is 11.1 Å². The maximum absolute atomic E-state index is 11.4. The number of aliphatic hydroxyl groups is 1. The normalized spacial score (nSPS) is 12.9. The molecular weight excluding hydrogens is 390 g/mol. The average molecular weight is 420 g/mol. The quantitative estimate of drug-likeness (QED) is 0.444. The Bertz CT molecular complexity index is 986. The lowest BCUT2D eigenvalue weighted by Gasteiger charge is -2.20. The summed E-state index contributed by atoms with van der Waals surface area (Å²) in [5, 5.41) is 23.2. The number of benzene rings is 3. The first-order valence-corrected chi connectivity index (χ1v) is 10.6. The fraction of sp³-hybridized carbons (Fsp3) is 0.269. The van der Waals surface area contributed by atoms with Gasteiger partial charge in [-0.15, -0.1) is 0 Å². The summed E-state index contributed by atoms with van der Waals surface area (Å²) in [6, 6.07) is 23.0. The standard InChI is InChI=1S/C26H29NO4/c1-3-31-24-17-22(13-14-23(24)26(29)30)20-11-9-19(10-12-20)15-16-27-18(2)25(28)21-7-5-4-6-8-21/h4-14,17-18,25,27-28H,3,15-16H2,1-2H3,(H,29,30)/t18-,25-/m0/s1. The molecule has 5 nitrogen and oxygen atoms in total. The highest BCUT2D eigenvalue weighted by atomic mass is 16.5. The van der Waals surface area contributed by atoms with Crippen molar-refractivity contribution in [3.05, 3.63) is 89.5 Å². The van der Waals surface area contributed by atoms with E-state index in [-0.39, 0.29) is 11.6 Å². The maximum Gasteiger partial charge on any atom is 0.339 e. The van der Waals surface area contributed by atoms with Crippen LogP contribution in [0.1, 0.15) is 41.4 Å². The molecule has 0 fully saturated rings. The highest BCUT2D eigenvalue weighted by molar-refractivity contribution is 5.92. The summed E-state index contributed by atoms with van der Waals surface area (Å²) in [5.41, 5.74) is 4.18. The van der Waals surface area contributed by atoms with Crippen LogP contribution >= 0.6 is 0 Å². The first kappa shape index (κ1) is 22.5. The van der Waals surface area contributed by atoms with E-state index in [1.54, 1.807) is 18.2 Å². The molecule has 0 spiro atoms. The lowest BCUT2D eigenvalue weighted by atomic mass is 10.0. The van der Waals surface area contributed by atoms with E-state index in [0.29, 0.717) is 12.4 Å². The number of ether oxygens (including phenoxy) is 1. The molecule has 31 heavy (non-hydrogen) atoms. The third-order valence-corrected chi connectivity index (χ3v) is 5.29. The van der Waals surface area contributed by atoms with Crippen molar-refractivity contribution in [2.24, 2.45) is 0 Å². The molecule has 0 heterocycles. The molecule has 2 atom stereocenters. The number of aromatic carboxylic acids is 1. The Morgan fingerprint density at radius 2 is 1.68 bits per heavy atom. The van der Waals surface area contributed by atoms with E-state index >= 15 is 0 Å². The minimum absolute atomic E-state index is 0.0496. The SMILES string of the molecule is CCOc1cc(-c2ccc(CCN[C@@H](C)[C@H](O)c3ccccc3)cc2)ccc1C(=O)O. The molecule has 0 saturated carbocycles. The summed E-state index contributed by atoms with van der Waals surface area (Å²) in [4.78, 5) is 11.4. The minimum atomic E-state index is -0.996. The highest BCUT2D eigenvalue weighted by Gasteiger charge is 2.15. The number of aliphatic hydroxyl groups excluding tert-OH is 1. The van der Waals surface area contributed by atoms with Gasteiger partial charge in [0.25, 0.3) is 0 Å². The van der Waals surface area contributed by atoms with Crippen molar-refractivity contribution in [2.45, 2.75) is 32.4 Å². The van der Waals surface area contributed by atoms with E-state index in [1.165, 1.54) is 5.56 Å². The molecule has 0 saturated heterocycles. The van der Waals surface area contributed by atoms with Crippen LogP contribution in [0.4, 0.5) is 0 Å². The molecule has 0 aliphatic carbocycles. The fourth-order valence-electron chi connectivity index (χ4n) is 3.51. The average Bonchev–Trinajstić information content (AvgIpc) is 2.79. The van der Waals surface area contributed by atoms with E-state index in [9.17, 15) is 15.0 Å². The predicted octanol–water partition coefficient (Wildman–Crippen LogP) is 4.70. The molecule has 3 rings (SSSR count). The minimum Gasteiger partial charge on any atom is -0.493 e. The summed E-state index contributed by atoms with van der Waals surface area (Å²) in [7, 11) is 0. The monoisotopic (exact) mass is 419 g/mol. The molecule has 5 heteroatoms. The number of nitrogens with one attached hydrogen (secondary N) is 1. The Labute approximate surface area is 183 Å². The highest BCUT2D eigenvalue weighted by Crippen LogP contribution is 2.28. The van der Waals surface area contributed by atoms with Crippen LogP contribution in [-0.4, -0.2) is 35.4 Å². The molecule has 3 aromatic rings. The number of carboxylic acid groups (broad SMARTS) is 1. The molecule has 0 aliphatic rings. The molecule has 3 aromatic carbocycles. The van der Waals surface area contributed by atoms with Crippen molar-refractivity contribution in [3.8, 4) is 16.9 Å². The van der Waals surface area contributed by atoms with Gasteiger partial charge in [0.05, 0.1) is 12.7 Å². The van der Waals surface area contributed by atoms with Crippen LogP contribution < -0.4 is 10.1 Å². The molecule has 3 N–H and O–H groups in total. The van der Waals surface area contributed by atoms with Crippen LogP contribution in [0.15, 0.2) is 72.8 Å². The van der Waals surface area contributed by atoms with Crippen molar-refractivity contribution >= 4 is 5.97 Å². The molecule has 0 aliphatic heterocycles. The molecule has 0 aromatic heterocycles. The van der Waals surface area contributed by atoms with Gasteiger partial charge >= 0.3 is 5.97 Å². The zero-order valence-corrected chi connectivity index (χ0v) is 17.9. The number of carbonyl (C=O) groups is 1. The van der Waals surface area contributed by atoms with Crippen molar-refractivity contribution in [1.82, 2.24) is 5.32 Å². The van der Waals surface area contributed by atoms with Crippen molar-refractivity contribution in [3.63, 3.8) is 0 Å². The second-order valence-electron chi connectivity index (χ2n) is 7.49. The third kappa shape index (κ3) is 5.94. The van der Waals surface area contributed by atoms with Gasteiger partial charge in [0.2, 0.25) is 0 Å². The Hall–Kier alpha value is -3.15. The summed E-state index contributed by atoms with van der Waals surface area (Å²) in [5.74, 6) is -0.615. The lowest BCUT2D eigenvalue weighted by Crippen LogP contribution is -2.33. The zero-order chi connectivity index (χ0) is 22.2. The van der Waals surface area contributed by atoms with E-state index in [4.69, 9.17) is 4.74 Å². The fourth-order valence-corrected chi connectivity index (χ4v) is 3.51. The number of carboxylic acids is 1. The van der Waals surface area contributed by atoms with Crippen LogP contribution in [0.5, 0.6) is 5.75 Å². The van der Waals surface area contributed by atoms with Crippen LogP contribution in [0.3, 0.4) is 0 Å². The number of hydrogen-bond donors (Lipinski definition) is 3. The Kier molecular flexibility index (Phi) is 7.82. The molecular formula is C26H29NO4. The van der Waals surface area contributed by atoms with Gasteiger partial charge in [-0.25, -0.2) is 4.79 Å². The summed E-state index contributed by atoms with van der Waals surface area (Å²) < 4.78 is 5.50. The van der Waals surface area contributed by atoms with E-state index in [2.05, 4.69) is 17.4 Å². The van der Waals surface area contributed by atoms with Gasteiger partial charge < -0.3 is 20.3 Å². The zero-order valence-electron chi connectivity index (χ0n) is 17.9. The lowest BCUT2D eigenvalue weighted by molar-refractivity contribution is 0.0692. The van der Waals surface area contributed by atoms with Gasteiger partial charge in [0.1, 0.15) is 11.3 Å². The summed E-state index contributed by atoms with van der Waals surface area (Å²) in [6.45, 7) is 4.98. The van der Waals surface area contributed by atoms with Gasteiger partial charge in [-0.2, -0.15) is 0 Å². The molecule has 0 amide bonds. The number of rotatable bonds is 10. The molecule has 0 unspecified atom stereocenters. The largest absolute Gasteiger partial charge is 0.493 e. The van der Waals surface area contributed by atoms with E-state index in [1.807, 2.05) is 56.3 Å². The van der Waals surface area contributed by atoms with Crippen LogP contribution in [0, 0.1) is 0 Å². The van der Waals surface area contributed by atoms with Gasteiger partial charge in [0, 0.05) is 6.04 Å². The molecule has 0 radical (unpaired) electrons. The van der Waals surface area contributed by atoms with E-state index < -0.39 is 12.1 Å². The van der Waals surface area contributed by atoms with Crippen molar-refractivity contribution < 1.29 is 19.7 Å². The summed E-state index contributed by atoms with van der Waals surface area (Å²) in [6.07, 6.45) is 0.297. The summed E-state index contributed by atoms with van der Waals surface area (Å²) >= 11 is 0. The van der Waals surface area contributed by atoms with Gasteiger partial charge in [-0.3, -0.25) is 0 Å². The second-order valence-corrected chi connectivity index (χ2v) is 7.49. The Balaban J connectivity index is 1.59. The van der Waals surface area contributed by atoms with Crippen LogP contribution in [0.2, 0.25) is 0 Å². The first-order chi connectivity index (χ1) is 15.0. The Morgan fingerprint density at radius 1 is 1.00 bits per heavy atom. The van der Waals surface area contributed by atoms with Crippen molar-refractivity contribution in [2.75, 3.05) is 13.2 Å². The van der Waals surface area contributed by atoms with Gasteiger partial charge in [-0.1, -0.05) is 60.7 Å². The van der Waals surface area contributed by atoms with Gasteiger partial charge in [-0.05, 0) is 61.2 Å².